The van der Waals surface area contributed by atoms with E-state index in [2.05, 4.69) is 31.7 Å². The molecule has 0 aliphatic carbocycles. The van der Waals surface area contributed by atoms with E-state index in [0.717, 1.165) is 50.3 Å². The highest BCUT2D eigenvalue weighted by atomic mass is 35.5. The lowest BCUT2D eigenvalue weighted by Gasteiger charge is -2.40. The van der Waals surface area contributed by atoms with Crippen molar-refractivity contribution in [1.82, 2.24) is 4.90 Å². The second-order valence-corrected chi connectivity index (χ2v) is 8.24. The highest BCUT2D eigenvalue weighted by Gasteiger charge is 2.31. The Hall–Kier alpha value is -1.45. The first-order valence-corrected chi connectivity index (χ1v) is 10.3. The van der Waals surface area contributed by atoms with Crippen LogP contribution in [0, 0.1) is 11.2 Å². The predicted molar refractivity (Wildman–Crippen MR) is 112 cm³/mol. The van der Waals surface area contributed by atoms with Crippen LogP contribution in [0.25, 0.3) is 0 Å². The van der Waals surface area contributed by atoms with Crippen LogP contribution in [0.4, 0.5) is 4.39 Å². The van der Waals surface area contributed by atoms with Gasteiger partial charge in [-0.15, -0.1) is 0 Å². The minimum atomic E-state index is -0.306. The SMILES string of the molecule is CCC(Cl)=CC=C(C)C1(C)CCN(CCCC(=O)c2ccc(F)cc2)CC1. The second-order valence-electron chi connectivity index (χ2n) is 7.75. The zero-order valence-electron chi connectivity index (χ0n) is 16.7. The number of benzene rings is 1. The molecule has 2 rings (SSSR count). The summed E-state index contributed by atoms with van der Waals surface area (Å²) in [5.41, 5.74) is 2.21. The summed E-state index contributed by atoms with van der Waals surface area (Å²) in [4.78, 5) is 14.6. The molecule has 27 heavy (non-hydrogen) atoms. The highest BCUT2D eigenvalue weighted by Crippen LogP contribution is 2.38. The summed E-state index contributed by atoms with van der Waals surface area (Å²) in [6, 6.07) is 5.82. The van der Waals surface area contributed by atoms with Gasteiger partial charge in [-0.2, -0.15) is 0 Å². The largest absolute Gasteiger partial charge is 0.303 e. The topological polar surface area (TPSA) is 20.3 Å². The Kier molecular flexibility index (Phi) is 8.25. The number of hydrogen-bond donors (Lipinski definition) is 0. The molecule has 1 aliphatic heterocycles. The second kappa shape index (κ2) is 10.2. The fraction of sp³-hybridized carbons (Fsp3) is 0.522. The molecule has 1 fully saturated rings. The number of Topliss-reactive ketones (excluding diaryl/α,β-unsaturated/α-hetero) is 1. The Bertz CT molecular complexity index is 685. The van der Waals surface area contributed by atoms with E-state index in [9.17, 15) is 9.18 Å². The number of likely N-dealkylation sites (tertiary alicyclic amines) is 1. The van der Waals surface area contributed by atoms with Crippen molar-refractivity contribution in [2.24, 2.45) is 5.41 Å². The number of allylic oxidation sites excluding steroid dienone is 4. The quantitative estimate of drug-likeness (QED) is 0.379. The van der Waals surface area contributed by atoms with Crippen LogP contribution in [0.3, 0.4) is 0 Å². The molecular weight excluding hydrogens is 361 g/mol. The summed E-state index contributed by atoms with van der Waals surface area (Å²) in [5.74, 6) is -0.213. The van der Waals surface area contributed by atoms with E-state index in [4.69, 9.17) is 11.6 Å². The molecule has 0 spiro atoms. The molecule has 1 heterocycles. The van der Waals surface area contributed by atoms with Gasteiger partial charge in [-0.25, -0.2) is 4.39 Å². The van der Waals surface area contributed by atoms with Crippen molar-refractivity contribution in [1.29, 1.82) is 0 Å². The van der Waals surface area contributed by atoms with Gasteiger partial charge in [0.25, 0.3) is 0 Å². The van der Waals surface area contributed by atoms with E-state index in [1.54, 1.807) is 12.1 Å². The third-order valence-corrected chi connectivity index (χ3v) is 6.20. The number of halogens is 2. The summed E-state index contributed by atoms with van der Waals surface area (Å²) < 4.78 is 12.9. The Balaban J connectivity index is 1.77. The molecule has 4 heteroatoms. The van der Waals surface area contributed by atoms with Crippen LogP contribution in [0.1, 0.15) is 63.2 Å². The average Bonchev–Trinajstić information content (AvgIpc) is 2.67. The molecular formula is C23H31ClFNO. The molecule has 0 radical (unpaired) electrons. The van der Waals surface area contributed by atoms with Crippen LogP contribution in [0.15, 0.2) is 47.0 Å². The normalized spacial score (nSPS) is 18.6. The fourth-order valence-electron chi connectivity index (χ4n) is 3.44. The molecule has 1 aromatic rings. The van der Waals surface area contributed by atoms with Crippen LogP contribution < -0.4 is 0 Å². The zero-order chi connectivity index (χ0) is 19.9. The fourth-order valence-corrected chi connectivity index (χ4v) is 3.51. The molecule has 0 bridgehead atoms. The lowest BCUT2D eigenvalue weighted by atomic mass is 9.74. The summed E-state index contributed by atoms with van der Waals surface area (Å²) in [6.45, 7) is 9.64. The molecule has 1 aromatic carbocycles. The van der Waals surface area contributed by atoms with E-state index in [-0.39, 0.29) is 17.0 Å². The number of hydrogen-bond acceptors (Lipinski definition) is 2. The molecule has 1 saturated heterocycles. The van der Waals surface area contributed by atoms with Crippen molar-refractivity contribution in [2.45, 2.75) is 52.9 Å². The van der Waals surface area contributed by atoms with Crippen molar-refractivity contribution < 1.29 is 9.18 Å². The minimum Gasteiger partial charge on any atom is -0.303 e. The summed E-state index contributed by atoms with van der Waals surface area (Å²) in [6.07, 6.45) is 8.66. The smallest absolute Gasteiger partial charge is 0.162 e. The van der Waals surface area contributed by atoms with Gasteiger partial charge in [0.05, 0.1) is 0 Å². The van der Waals surface area contributed by atoms with E-state index < -0.39 is 0 Å². The van der Waals surface area contributed by atoms with Gasteiger partial charge in [0.1, 0.15) is 5.82 Å². The molecule has 0 amide bonds. The molecule has 0 N–H and O–H groups in total. The number of rotatable bonds is 8. The van der Waals surface area contributed by atoms with Gasteiger partial charge in [-0.1, -0.05) is 37.1 Å². The maximum Gasteiger partial charge on any atom is 0.162 e. The van der Waals surface area contributed by atoms with E-state index in [1.165, 1.54) is 17.7 Å². The Morgan fingerprint density at radius 1 is 1.22 bits per heavy atom. The monoisotopic (exact) mass is 391 g/mol. The minimum absolute atomic E-state index is 0.0928. The molecule has 0 saturated carbocycles. The van der Waals surface area contributed by atoms with E-state index in [1.807, 2.05) is 6.08 Å². The highest BCUT2D eigenvalue weighted by molar-refractivity contribution is 6.29. The van der Waals surface area contributed by atoms with Crippen LogP contribution in [-0.2, 0) is 0 Å². The number of ketones is 1. The van der Waals surface area contributed by atoms with Crippen molar-refractivity contribution in [3.63, 3.8) is 0 Å². The lowest BCUT2D eigenvalue weighted by molar-refractivity contribution is 0.0964. The van der Waals surface area contributed by atoms with Crippen molar-refractivity contribution in [3.05, 3.63) is 58.4 Å². The van der Waals surface area contributed by atoms with Gasteiger partial charge in [0.2, 0.25) is 0 Å². The van der Waals surface area contributed by atoms with E-state index in [0.29, 0.717) is 12.0 Å². The van der Waals surface area contributed by atoms with Crippen LogP contribution in [0.5, 0.6) is 0 Å². The van der Waals surface area contributed by atoms with Gasteiger partial charge in [0, 0.05) is 17.0 Å². The molecule has 0 aromatic heterocycles. The Labute approximate surface area is 168 Å². The summed E-state index contributed by atoms with van der Waals surface area (Å²) in [7, 11) is 0. The summed E-state index contributed by atoms with van der Waals surface area (Å²) in [5, 5.41) is 0.890. The first kappa shape index (κ1) is 21.8. The number of carbonyl (C=O) groups excluding carboxylic acids is 1. The molecule has 148 valence electrons. The van der Waals surface area contributed by atoms with Crippen molar-refractivity contribution in [2.75, 3.05) is 19.6 Å². The Morgan fingerprint density at radius 3 is 2.44 bits per heavy atom. The van der Waals surface area contributed by atoms with Gasteiger partial charge in [-0.05, 0) is 88.0 Å². The molecule has 0 unspecified atom stereocenters. The number of piperidine rings is 1. The maximum atomic E-state index is 12.9. The standard InChI is InChI=1S/C23H31ClFNO/c1-4-20(24)10-7-18(2)23(3)13-16-26(17-14-23)15-5-6-22(27)19-8-11-21(25)12-9-19/h7-12H,4-6,13-17H2,1-3H3. The van der Waals surface area contributed by atoms with Gasteiger partial charge >= 0.3 is 0 Å². The van der Waals surface area contributed by atoms with Gasteiger partial charge in [0.15, 0.2) is 5.78 Å². The van der Waals surface area contributed by atoms with Crippen molar-refractivity contribution in [3.8, 4) is 0 Å². The third kappa shape index (κ3) is 6.58. The first-order chi connectivity index (χ1) is 12.8. The zero-order valence-corrected chi connectivity index (χ0v) is 17.5. The number of carbonyl (C=O) groups is 1. The lowest BCUT2D eigenvalue weighted by Crippen LogP contribution is -2.39. The third-order valence-electron chi connectivity index (χ3n) is 5.81. The molecule has 0 atom stereocenters. The van der Waals surface area contributed by atoms with Crippen LogP contribution in [0.2, 0.25) is 0 Å². The Morgan fingerprint density at radius 2 is 1.85 bits per heavy atom. The summed E-state index contributed by atoms with van der Waals surface area (Å²) >= 11 is 6.11. The first-order valence-electron chi connectivity index (χ1n) is 9.88. The van der Waals surface area contributed by atoms with Gasteiger partial charge in [-0.3, -0.25) is 4.79 Å². The number of nitrogens with zero attached hydrogens (tertiary/aromatic N) is 1. The van der Waals surface area contributed by atoms with Gasteiger partial charge < -0.3 is 4.90 Å². The molecule has 1 aliphatic rings. The molecule has 2 nitrogen and oxygen atoms in total. The van der Waals surface area contributed by atoms with Crippen LogP contribution >= 0.6 is 11.6 Å². The predicted octanol–water partition coefficient (Wildman–Crippen LogP) is 6.37. The van der Waals surface area contributed by atoms with E-state index >= 15 is 0 Å². The van der Waals surface area contributed by atoms with Crippen LogP contribution in [-0.4, -0.2) is 30.3 Å². The van der Waals surface area contributed by atoms with Crippen molar-refractivity contribution >= 4 is 17.4 Å². The maximum absolute atomic E-state index is 12.9. The average molecular weight is 392 g/mol.